The Morgan fingerprint density at radius 2 is 2.15 bits per heavy atom. The van der Waals surface area contributed by atoms with Crippen LogP contribution in [0.4, 0.5) is 5.82 Å². The molecule has 1 heterocycles. The third-order valence-electron chi connectivity index (χ3n) is 3.86. The van der Waals surface area contributed by atoms with Crippen LogP contribution in [0.5, 0.6) is 5.88 Å². The van der Waals surface area contributed by atoms with Crippen molar-refractivity contribution in [1.82, 2.24) is 9.97 Å². The molecule has 1 aromatic carbocycles. The number of rotatable bonds is 3. The first kappa shape index (κ1) is 12.9. The minimum Gasteiger partial charge on any atom is -0.469 e. The highest BCUT2D eigenvalue weighted by Crippen LogP contribution is 2.34. The number of hydrogen-bond acceptors (Lipinski definition) is 4. The third-order valence-corrected chi connectivity index (χ3v) is 3.86. The van der Waals surface area contributed by atoms with Gasteiger partial charge < -0.3 is 10.5 Å². The summed E-state index contributed by atoms with van der Waals surface area (Å²) in [5.74, 6) is 1.14. The second kappa shape index (κ2) is 5.49. The summed E-state index contributed by atoms with van der Waals surface area (Å²) in [6.07, 6.45) is 5.60. The second-order valence-corrected chi connectivity index (χ2v) is 5.09. The van der Waals surface area contributed by atoms with Crippen LogP contribution in [-0.4, -0.2) is 9.97 Å². The molecule has 1 aromatic heterocycles. The highest BCUT2D eigenvalue weighted by molar-refractivity contribution is 5.45. The van der Waals surface area contributed by atoms with E-state index in [9.17, 15) is 0 Å². The van der Waals surface area contributed by atoms with Crippen molar-refractivity contribution in [2.75, 3.05) is 5.73 Å². The zero-order valence-corrected chi connectivity index (χ0v) is 11.7. The number of anilines is 1. The second-order valence-electron chi connectivity index (χ2n) is 5.09. The van der Waals surface area contributed by atoms with Crippen molar-refractivity contribution in [3.8, 4) is 5.88 Å². The van der Waals surface area contributed by atoms with Gasteiger partial charge in [0.2, 0.25) is 5.88 Å². The molecule has 20 heavy (non-hydrogen) atoms. The highest BCUT2D eigenvalue weighted by atomic mass is 16.5. The molecule has 1 aliphatic carbocycles. The maximum Gasteiger partial charge on any atom is 0.222 e. The van der Waals surface area contributed by atoms with E-state index >= 15 is 0 Å². The largest absolute Gasteiger partial charge is 0.469 e. The standard InChI is InChI=1S/C16H19N3O/c1-2-12-15(17)18-10-19-16(12)20-14-9-5-7-11-6-3-4-8-13(11)14/h3-4,6,8,10,14H,2,5,7,9H2,1H3,(H2,17,18,19). The number of aryl methyl sites for hydroxylation is 1. The van der Waals surface area contributed by atoms with Crippen LogP contribution in [0.3, 0.4) is 0 Å². The Morgan fingerprint density at radius 3 is 3.00 bits per heavy atom. The van der Waals surface area contributed by atoms with E-state index in [1.807, 2.05) is 6.92 Å². The maximum atomic E-state index is 6.15. The smallest absolute Gasteiger partial charge is 0.222 e. The molecule has 4 nitrogen and oxygen atoms in total. The van der Waals surface area contributed by atoms with E-state index in [0.29, 0.717) is 11.7 Å². The van der Waals surface area contributed by atoms with E-state index in [1.54, 1.807) is 0 Å². The van der Waals surface area contributed by atoms with Gasteiger partial charge in [0.25, 0.3) is 0 Å². The van der Waals surface area contributed by atoms with Gasteiger partial charge in [0.15, 0.2) is 0 Å². The molecule has 2 aromatic rings. The fraction of sp³-hybridized carbons (Fsp3) is 0.375. The van der Waals surface area contributed by atoms with Gasteiger partial charge >= 0.3 is 0 Å². The predicted octanol–water partition coefficient (Wildman–Crippen LogP) is 3.08. The number of nitrogens with zero attached hydrogens (tertiary/aromatic N) is 2. The molecule has 1 aliphatic rings. The van der Waals surface area contributed by atoms with Crippen molar-refractivity contribution < 1.29 is 4.74 Å². The van der Waals surface area contributed by atoms with Gasteiger partial charge in [0.1, 0.15) is 18.2 Å². The van der Waals surface area contributed by atoms with Gasteiger partial charge in [-0.3, -0.25) is 0 Å². The fourth-order valence-electron chi connectivity index (χ4n) is 2.81. The zero-order chi connectivity index (χ0) is 13.9. The minimum absolute atomic E-state index is 0.0690. The van der Waals surface area contributed by atoms with E-state index in [4.69, 9.17) is 10.5 Å². The number of nitrogens with two attached hydrogens (primary N) is 1. The van der Waals surface area contributed by atoms with Gasteiger partial charge in [-0.1, -0.05) is 31.2 Å². The summed E-state index contributed by atoms with van der Waals surface area (Å²) >= 11 is 0. The van der Waals surface area contributed by atoms with Crippen LogP contribution in [0.15, 0.2) is 30.6 Å². The SMILES string of the molecule is CCc1c(N)ncnc1OC1CCCc2ccccc21. The molecule has 0 aliphatic heterocycles. The average molecular weight is 269 g/mol. The molecule has 0 amide bonds. The molecule has 104 valence electrons. The number of fused-ring (bicyclic) bond motifs is 1. The van der Waals surface area contributed by atoms with Crippen molar-refractivity contribution in [2.24, 2.45) is 0 Å². The van der Waals surface area contributed by atoms with Gasteiger partial charge in [-0.25, -0.2) is 9.97 Å². The van der Waals surface area contributed by atoms with E-state index in [2.05, 4.69) is 34.2 Å². The Bertz CT molecular complexity index is 612. The number of ether oxygens (including phenoxy) is 1. The Balaban J connectivity index is 1.91. The van der Waals surface area contributed by atoms with Gasteiger partial charge in [-0.05, 0) is 36.8 Å². The normalized spacial score (nSPS) is 17.6. The zero-order valence-electron chi connectivity index (χ0n) is 11.7. The summed E-state index contributed by atoms with van der Waals surface area (Å²) in [6, 6.07) is 8.48. The molecule has 0 fully saturated rings. The molecule has 4 heteroatoms. The Labute approximate surface area is 119 Å². The van der Waals surface area contributed by atoms with E-state index in [0.717, 1.165) is 31.2 Å². The Hall–Kier alpha value is -2.10. The first-order valence-corrected chi connectivity index (χ1v) is 7.13. The van der Waals surface area contributed by atoms with Gasteiger partial charge in [-0.2, -0.15) is 0 Å². The summed E-state index contributed by atoms with van der Waals surface area (Å²) in [7, 11) is 0. The molecule has 0 radical (unpaired) electrons. The fourth-order valence-corrected chi connectivity index (χ4v) is 2.81. The van der Waals surface area contributed by atoms with E-state index in [-0.39, 0.29) is 6.10 Å². The van der Waals surface area contributed by atoms with Crippen molar-refractivity contribution in [1.29, 1.82) is 0 Å². The van der Waals surface area contributed by atoms with Gasteiger partial charge in [0, 0.05) is 0 Å². The summed E-state index contributed by atoms with van der Waals surface area (Å²) in [5.41, 5.74) is 9.45. The van der Waals surface area contributed by atoms with Crippen LogP contribution in [0.25, 0.3) is 0 Å². The molecule has 2 N–H and O–H groups in total. The lowest BCUT2D eigenvalue weighted by atomic mass is 9.89. The molecule has 0 spiro atoms. The van der Waals surface area contributed by atoms with E-state index in [1.165, 1.54) is 17.5 Å². The highest BCUT2D eigenvalue weighted by Gasteiger charge is 2.23. The van der Waals surface area contributed by atoms with Crippen LogP contribution >= 0.6 is 0 Å². The van der Waals surface area contributed by atoms with Crippen molar-refractivity contribution >= 4 is 5.82 Å². The van der Waals surface area contributed by atoms with E-state index < -0.39 is 0 Å². The Morgan fingerprint density at radius 1 is 1.30 bits per heavy atom. The first-order valence-electron chi connectivity index (χ1n) is 7.13. The van der Waals surface area contributed by atoms with Crippen molar-refractivity contribution in [3.63, 3.8) is 0 Å². The van der Waals surface area contributed by atoms with Crippen LogP contribution in [0.2, 0.25) is 0 Å². The summed E-state index contributed by atoms with van der Waals surface area (Å²) in [4.78, 5) is 8.30. The molecule has 0 bridgehead atoms. The molecule has 0 saturated heterocycles. The van der Waals surface area contributed by atoms with Crippen molar-refractivity contribution in [3.05, 3.63) is 47.3 Å². The molecule has 1 atom stereocenters. The summed E-state index contributed by atoms with van der Waals surface area (Å²) in [5, 5.41) is 0. The number of aromatic nitrogens is 2. The van der Waals surface area contributed by atoms with Crippen LogP contribution in [-0.2, 0) is 12.8 Å². The van der Waals surface area contributed by atoms with Crippen LogP contribution < -0.4 is 10.5 Å². The molecule has 1 unspecified atom stereocenters. The topological polar surface area (TPSA) is 61.0 Å². The summed E-state index contributed by atoms with van der Waals surface area (Å²) in [6.45, 7) is 2.04. The predicted molar refractivity (Wildman–Crippen MR) is 78.6 cm³/mol. The lowest BCUT2D eigenvalue weighted by Crippen LogP contribution is -2.17. The first-order chi connectivity index (χ1) is 9.79. The third kappa shape index (κ3) is 2.33. The number of benzene rings is 1. The van der Waals surface area contributed by atoms with Crippen molar-refractivity contribution in [2.45, 2.75) is 38.7 Å². The average Bonchev–Trinajstić information content (AvgIpc) is 2.48. The molecular weight excluding hydrogens is 250 g/mol. The quantitative estimate of drug-likeness (QED) is 0.930. The lowest BCUT2D eigenvalue weighted by Gasteiger charge is -2.26. The molecule has 3 rings (SSSR count). The lowest BCUT2D eigenvalue weighted by molar-refractivity contribution is 0.174. The van der Waals surface area contributed by atoms with Gasteiger partial charge in [0.05, 0.1) is 5.56 Å². The molecular formula is C16H19N3O. The van der Waals surface area contributed by atoms with Crippen LogP contribution in [0.1, 0.15) is 42.6 Å². The van der Waals surface area contributed by atoms with Crippen LogP contribution in [0, 0.1) is 0 Å². The summed E-state index contributed by atoms with van der Waals surface area (Å²) < 4.78 is 6.15. The minimum atomic E-state index is 0.0690. The maximum absolute atomic E-state index is 6.15. The number of hydrogen-bond donors (Lipinski definition) is 1. The van der Waals surface area contributed by atoms with Gasteiger partial charge in [-0.15, -0.1) is 0 Å². The number of nitrogen functional groups attached to an aromatic ring is 1. The monoisotopic (exact) mass is 269 g/mol. The Kier molecular flexibility index (Phi) is 3.54. The molecule has 0 saturated carbocycles.